The molecule has 0 spiro atoms. The summed E-state index contributed by atoms with van der Waals surface area (Å²) in [7, 11) is 0. The fourth-order valence-electron chi connectivity index (χ4n) is 14.7. The van der Waals surface area contributed by atoms with Gasteiger partial charge in [-0.05, 0) is 103 Å². The molecule has 0 bridgehead atoms. The van der Waals surface area contributed by atoms with Gasteiger partial charge in [0.05, 0.1) is 48.8 Å². The Balaban J connectivity index is 1.15. The van der Waals surface area contributed by atoms with Crippen molar-refractivity contribution in [2.75, 3.05) is 39.3 Å². The van der Waals surface area contributed by atoms with Crippen LogP contribution in [-0.4, -0.2) is 122 Å². The van der Waals surface area contributed by atoms with Gasteiger partial charge in [-0.25, -0.2) is 0 Å². The fourth-order valence-corrected chi connectivity index (χ4v) is 14.7. The van der Waals surface area contributed by atoms with Crippen LogP contribution in [0.3, 0.4) is 0 Å². The number of carbonyl (C=O) groups excluding carboxylic acids is 4. The molecule has 0 radical (unpaired) electrons. The molecule has 4 amide bonds. The van der Waals surface area contributed by atoms with Gasteiger partial charge in [0.15, 0.2) is 0 Å². The summed E-state index contributed by atoms with van der Waals surface area (Å²) in [6.07, 6.45) is 73.6. The van der Waals surface area contributed by atoms with Crippen LogP contribution in [-0.2, 0) is 38.1 Å². The summed E-state index contributed by atoms with van der Waals surface area (Å²) in [6.45, 7) is 12.9. The predicted octanol–water partition coefficient (Wildman–Crippen LogP) is 21.4. The largest absolute Gasteiger partial charge is 0.370 e. The molecule has 4 aliphatic rings. The van der Waals surface area contributed by atoms with Crippen LogP contribution in [0, 0.1) is 0 Å². The Bertz CT molecular complexity index is 1680. The molecule has 0 aromatic heterocycles. The highest BCUT2D eigenvalue weighted by Gasteiger charge is 2.39. The molecule has 4 saturated heterocycles. The van der Waals surface area contributed by atoms with Gasteiger partial charge >= 0.3 is 0 Å². The number of hydrogen-bond acceptors (Lipinski definition) is 8. The van der Waals surface area contributed by atoms with Crippen molar-refractivity contribution in [1.82, 2.24) is 20.4 Å². The van der Waals surface area contributed by atoms with Crippen LogP contribution < -0.4 is 10.6 Å². The molecule has 0 aromatic carbocycles. The first-order valence-electron chi connectivity index (χ1n) is 42.0. The molecule has 8 atom stereocenters. The number of ether oxygens (including phenoxy) is 4. The van der Waals surface area contributed by atoms with E-state index in [2.05, 4.69) is 38.3 Å². The number of carbonyl (C=O) groups is 4. The minimum atomic E-state index is 0.121. The molecule has 0 saturated carbocycles. The van der Waals surface area contributed by atoms with Gasteiger partial charge in [-0.15, -0.1) is 0 Å². The summed E-state index contributed by atoms with van der Waals surface area (Å²) < 4.78 is 24.0. The van der Waals surface area contributed by atoms with Gasteiger partial charge in [0.1, 0.15) is 0 Å². The van der Waals surface area contributed by atoms with Gasteiger partial charge in [-0.2, -0.15) is 0 Å². The van der Waals surface area contributed by atoms with Crippen molar-refractivity contribution >= 4 is 23.6 Å². The van der Waals surface area contributed by atoms with Crippen molar-refractivity contribution in [3.05, 3.63) is 0 Å². The minimum Gasteiger partial charge on any atom is -0.370 e. The van der Waals surface area contributed by atoms with Crippen molar-refractivity contribution in [2.24, 2.45) is 0 Å². The Hall–Kier alpha value is -2.28. The van der Waals surface area contributed by atoms with Crippen molar-refractivity contribution in [3.63, 3.8) is 0 Å². The third kappa shape index (κ3) is 46.9. The number of nitrogens with zero attached hydrogens (tertiary/aromatic N) is 2. The Morgan fingerprint density at radius 3 is 0.660 bits per heavy atom. The predicted molar refractivity (Wildman–Crippen MR) is 394 cm³/mol. The number of epoxide rings is 4. The molecule has 0 aromatic rings. The zero-order valence-corrected chi connectivity index (χ0v) is 62.4. The summed E-state index contributed by atoms with van der Waals surface area (Å²) in [5, 5.41) is 6.35. The van der Waals surface area contributed by atoms with E-state index in [-0.39, 0.29) is 23.6 Å². The summed E-state index contributed by atoms with van der Waals surface area (Å²) in [5.74, 6) is 0.676. The number of nitrogens with one attached hydrogen (secondary N) is 2. The summed E-state index contributed by atoms with van der Waals surface area (Å²) in [6, 6.07) is 0. The molecule has 0 unspecified atom stereocenters. The highest BCUT2D eigenvalue weighted by molar-refractivity contribution is 5.77. The van der Waals surface area contributed by atoms with E-state index in [9.17, 15) is 19.2 Å². The van der Waals surface area contributed by atoms with Gasteiger partial charge in [-0.3, -0.25) is 19.2 Å². The molecule has 550 valence electrons. The zero-order chi connectivity index (χ0) is 67.0. The molecule has 4 fully saturated rings. The first-order chi connectivity index (χ1) is 46.3. The molecular formula is C82H154N4O8. The average Bonchev–Trinajstić information content (AvgIpc) is 2.04. The quantitative estimate of drug-likeness (QED) is 0.0452. The third-order valence-corrected chi connectivity index (χ3v) is 21.3. The third-order valence-electron chi connectivity index (χ3n) is 21.3. The number of hydrogen-bond donors (Lipinski definition) is 2. The van der Waals surface area contributed by atoms with E-state index in [1.807, 2.05) is 9.80 Å². The van der Waals surface area contributed by atoms with Crippen LogP contribution in [0.15, 0.2) is 0 Å². The van der Waals surface area contributed by atoms with E-state index in [0.717, 1.165) is 89.9 Å². The maximum atomic E-state index is 14.0. The lowest BCUT2D eigenvalue weighted by Gasteiger charge is -2.25. The Morgan fingerprint density at radius 2 is 0.426 bits per heavy atom. The normalized spacial score (nSPS) is 20.2. The number of unbranched alkanes of at least 4 members (excludes halogenated alkanes) is 37. The van der Waals surface area contributed by atoms with E-state index in [1.165, 1.54) is 270 Å². The SMILES string of the molecule is CCCCCCCC[C@H]1O[C@H]1CCCCCCCC(=O)NCCCN(CCCCN(CCCNC(=O)CCCCCCC[C@@H]1O[C@@H]1CCCCCCCC)C(=O)CCCCCCC[C@@H]1O[C@@H]1CCCCCCCC)C(=O)CCCCCCC[C@@H]1O[C@@H]1CCCCCCCC. The van der Waals surface area contributed by atoms with Gasteiger partial charge in [0, 0.05) is 65.0 Å². The lowest BCUT2D eigenvalue weighted by molar-refractivity contribution is -0.133. The van der Waals surface area contributed by atoms with Crippen LogP contribution in [0.2, 0.25) is 0 Å². The molecular weight excluding hydrogens is 1170 g/mol. The zero-order valence-electron chi connectivity index (χ0n) is 62.4. The van der Waals surface area contributed by atoms with Gasteiger partial charge in [0.2, 0.25) is 23.6 Å². The Morgan fingerprint density at radius 1 is 0.234 bits per heavy atom. The lowest BCUT2D eigenvalue weighted by Crippen LogP contribution is -2.37. The highest BCUT2D eigenvalue weighted by Crippen LogP contribution is 2.35. The van der Waals surface area contributed by atoms with Crippen LogP contribution in [0.4, 0.5) is 0 Å². The molecule has 12 nitrogen and oxygen atoms in total. The second kappa shape index (κ2) is 58.5. The standard InChI is InChI=1S/C82H154N4O8/c1-5-9-13-17-25-37-53-71-75(91-71)57-41-29-21-33-45-61-79(87)83-65-51-69-85(81(89)63-47-35-23-31-43-59-77-73(93-77)55-39-27-19-15-11-7-3)67-49-50-68-86(82(90)64-48-36-24-32-44-60-78-74(94-78)56-40-28-20-16-12-8-4)70-52-66-84-80(88)62-46-34-22-30-42-58-76-72(92-76)54-38-26-18-14-10-6-2/h71-78H,5-70H2,1-4H3,(H,83,87)(H,84,88)/t71-,72-,73-,74-,75+,76+,77+,78+/m1/s1. The number of rotatable bonds is 73. The summed E-state index contributed by atoms with van der Waals surface area (Å²) in [5.41, 5.74) is 0. The first kappa shape index (κ1) is 84.1. The maximum Gasteiger partial charge on any atom is 0.222 e. The van der Waals surface area contributed by atoms with Crippen molar-refractivity contribution in [3.8, 4) is 0 Å². The van der Waals surface area contributed by atoms with E-state index in [0.29, 0.717) is 114 Å². The van der Waals surface area contributed by atoms with Gasteiger partial charge in [0.25, 0.3) is 0 Å². The fraction of sp³-hybridized carbons (Fsp3) is 0.951. The van der Waals surface area contributed by atoms with Gasteiger partial charge in [-0.1, -0.05) is 285 Å². The van der Waals surface area contributed by atoms with Crippen molar-refractivity contribution < 1.29 is 38.1 Å². The first-order valence-corrected chi connectivity index (χ1v) is 42.0. The Labute approximate surface area is 580 Å². The van der Waals surface area contributed by atoms with Crippen LogP contribution in [0.25, 0.3) is 0 Å². The van der Waals surface area contributed by atoms with Crippen LogP contribution in [0.5, 0.6) is 0 Å². The molecule has 0 aliphatic carbocycles. The smallest absolute Gasteiger partial charge is 0.222 e. The molecule has 4 heterocycles. The summed E-state index contributed by atoms with van der Waals surface area (Å²) in [4.78, 5) is 57.9. The molecule has 2 N–H and O–H groups in total. The monoisotopic (exact) mass is 1320 g/mol. The highest BCUT2D eigenvalue weighted by atomic mass is 16.6. The molecule has 4 rings (SSSR count). The molecule has 4 aliphatic heterocycles. The minimum absolute atomic E-state index is 0.121. The Kier molecular flexibility index (Phi) is 52.4. The van der Waals surface area contributed by atoms with E-state index in [1.54, 1.807) is 0 Å². The van der Waals surface area contributed by atoms with Crippen LogP contribution >= 0.6 is 0 Å². The van der Waals surface area contributed by atoms with Crippen molar-refractivity contribution in [1.29, 1.82) is 0 Å². The van der Waals surface area contributed by atoms with Crippen LogP contribution in [0.1, 0.15) is 413 Å². The topological polar surface area (TPSA) is 149 Å². The van der Waals surface area contributed by atoms with Gasteiger partial charge < -0.3 is 39.4 Å². The lowest BCUT2D eigenvalue weighted by atomic mass is 10.0. The van der Waals surface area contributed by atoms with E-state index >= 15 is 0 Å². The van der Waals surface area contributed by atoms with E-state index in [4.69, 9.17) is 18.9 Å². The van der Waals surface area contributed by atoms with Crippen molar-refractivity contribution in [2.45, 2.75) is 462 Å². The molecule has 94 heavy (non-hydrogen) atoms. The second-order valence-corrected chi connectivity index (χ2v) is 30.2. The number of amides is 4. The second-order valence-electron chi connectivity index (χ2n) is 30.2. The summed E-state index contributed by atoms with van der Waals surface area (Å²) >= 11 is 0. The average molecular weight is 1320 g/mol. The molecule has 12 heteroatoms. The maximum absolute atomic E-state index is 14.0. The van der Waals surface area contributed by atoms with E-state index < -0.39 is 0 Å².